The first-order chi connectivity index (χ1) is 11.1. The summed E-state index contributed by atoms with van der Waals surface area (Å²) in [5, 5.41) is 12.7. The van der Waals surface area contributed by atoms with E-state index in [1.807, 2.05) is 49.4 Å². The lowest BCUT2D eigenvalue weighted by Gasteiger charge is -2.22. The molecule has 2 atom stereocenters. The maximum absolute atomic E-state index is 12.2. The van der Waals surface area contributed by atoms with Crippen molar-refractivity contribution in [3.05, 3.63) is 65.7 Å². The van der Waals surface area contributed by atoms with E-state index in [-0.39, 0.29) is 17.8 Å². The van der Waals surface area contributed by atoms with E-state index < -0.39 is 6.04 Å². The predicted octanol–water partition coefficient (Wildman–Crippen LogP) is 3.22. The van der Waals surface area contributed by atoms with Crippen molar-refractivity contribution in [1.29, 1.82) is 0 Å². The molecule has 2 N–H and O–H groups in total. The fourth-order valence-electron chi connectivity index (χ4n) is 2.46. The highest BCUT2D eigenvalue weighted by Crippen LogP contribution is 2.16. The molecule has 0 saturated heterocycles. The Balaban J connectivity index is 2.10. The minimum Gasteiger partial charge on any atom is -0.508 e. The van der Waals surface area contributed by atoms with Crippen LogP contribution in [0, 0.1) is 0 Å². The smallest absolute Gasteiger partial charge is 0.323 e. The van der Waals surface area contributed by atoms with Crippen molar-refractivity contribution < 1.29 is 14.6 Å². The zero-order chi connectivity index (χ0) is 16.7. The van der Waals surface area contributed by atoms with Gasteiger partial charge in [0, 0.05) is 6.04 Å². The van der Waals surface area contributed by atoms with Crippen molar-refractivity contribution in [3.63, 3.8) is 0 Å². The predicted molar refractivity (Wildman–Crippen MR) is 90.2 cm³/mol. The van der Waals surface area contributed by atoms with Gasteiger partial charge in [-0.05, 0) is 43.5 Å². The maximum Gasteiger partial charge on any atom is 0.323 e. The van der Waals surface area contributed by atoms with E-state index in [9.17, 15) is 9.90 Å². The van der Waals surface area contributed by atoms with E-state index in [1.54, 1.807) is 19.1 Å². The van der Waals surface area contributed by atoms with Gasteiger partial charge in [0.05, 0.1) is 6.61 Å². The number of hydrogen-bond donors (Lipinski definition) is 2. The lowest BCUT2D eigenvalue weighted by Crippen LogP contribution is -2.41. The van der Waals surface area contributed by atoms with Crippen LogP contribution in [0.4, 0.5) is 0 Å². The largest absolute Gasteiger partial charge is 0.508 e. The van der Waals surface area contributed by atoms with Crippen LogP contribution in [-0.2, 0) is 16.0 Å². The van der Waals surface area contributed by atoms with Crippen molar-refractivity contribution in [3.8, 4) is 5.75 Å². The second-order valence-electron chi connectivity index (χ2n) is 5.47. The summed E-state index contributed by atoms with van der Waals surface area (Å²) >= 11 is 0. The normalized spacial score (nSPS) is 13.3. The first kappa shape index (κ1) is 17.0. The molecule has 4 heteroatoms. The van der Waals surface area contributed by atoms with Crippen molar-refractivity contribution in [2.45, 2.75) is 32.4 Å². The molecule has 0 heterocycles. The second kappa shape index (κ2) is 8.34. The van der Waals surface area contributed by atoms with Crippen molar-refractivity contribution >= 4 is 5.97 Å². The molecule has 0 aromatic heterocycles. The number of ether oxygens (including phenoxy) is 1. The van der Waals surface area contributed by atoms with Crippen LogP contribution in [0.5, 0.6) is 5.75 Å². The third-order valence-corrected chi connectivity index (χ3v) is 3.70. The Kier molecular flexibility index (Phi) is 6.18. The van der Waals surface area contributed by atoms with Gasteiger partial charge in [0.2, 0.25) is 0 Å². The molecule has 2 aromatic carbocycles. The van der Waals surface area contributed by atoms with Crippen LogP contribution in [0.2, 0.25) is 0 Å². The molecule has 0 bridgehead atoms. The van der Waals surface area contributed by atoms with E-state index >= 15 is 0 Å². The number of carbonyl (C=O) groups is 1. The van der Waals surface area contributed by atoms with Gasteiger partial charge in [-0.2, -0.15) is 0 Å². The summed E-state index contributed by atoms with van der Waals surface area (Å²) in [5.74, 6) is -0.0459. The molecule has 0 aliphatic carbocycles. The zero-order valence-corrected chi connectivity index (χ0v) is 13.5. The molecule has 0 fully saturated rings. The van der Waals surface area contributed by atoms with Crippen LogP contribution in [0.15, 0.2) is 54.6 Å². The van der Waals surface area contributed by atoms with E-state index in [2.05, 4.69) is 5.32 Å². The average molecular weight is 313 g/mol. The molecule has 0 aliphatic rings. The van der Waals surface area contributed by atoms with Gasteiger partial charge in [-0.15, -0.1) is 0 Å². The number of nitrogens with one attached hydrogen (secondary N) is 1. The average Bonchev–Trinajstić information content (AvgIpc) is 2.57. The molecule has 0 aliphatic heterocycles. The number of phenols is 1. The summed E-state index contributed by atoms with van der Waals surface area (Å²) in [4.78, 5) is 12.2. The summed E-state index contributed by atoms with van der Waals surface area (Å²) in [6.45, 7) is 4.18. The molecular weight excluding hydrogens is 290 g/mol. The number of phenolic OH excluding ortho intramolecular Hbond substituents is 1. The van der Waals surface area contributed by atoms with Crippen LogP contribution in [0.3, 0.4) is 0 Å². The summed E-state index contributed by atoms with van der Waals surface area (Å²) in [5.41, 5.74) is 2.08. The summed E-state index contributed by atoms with van der Waals surface area (Å²) in [7, 11) is 0. The van der Waals surface area contributed by atoms with Gasteiger partial charge in [-0.3, -0.25) is 10.1 Å². The number of hydrogen-bond acceptors (Lipinski definition) is 4. The Hall–Kier alpha value is -2.33. The van der Waals surface area contributed by atoms with Gasteiger partial charge in [0.15, 0.2) is 0 Å². The number of rotatable bonds is 7. The first-order valence-corrected chi connectivity index (χ1v) is 7.85. The molecule has 0 spiro atoms. The topological polar surface area (TPSA) is 58.6 Å². The number of esters is 1. The molecule has 0 amide bonds. The van der Waals surface area contributed by atoms with E-state index in [4.69, 9.17) is 4.74 Å². The van der Waals surface area contributed by atoms with Crippen molar-refractivity contribution in [2.24, 2.45) is 0 Å². The Morgan fingerprint density at radius 3 is 2.39 bits per heavy atom. The monoisotopic (exact) mass is 313 g/mol. The third kappa shape index (κ3) is 5.11. The maximum atomic E-state index is 12.2. The van der Waals surface area contributed by atoms with Gasteiger partial charge < -0.3 is 9.84 Å². The highest BCUT2D eigenvalue weighted by atomic mass is 16.5. The number of aromatic hydroxyl groups is 1. The fraction of sp³-hybridized carbons (Fsp3) is 0.316. The van der Waals surface area contributed by atoms with E-state index in [0.29, 0.717) is 13.0 Å². The van der Waals surface area contributed by atoms with Gasteiger partial charge in [0.25, 0.3) is 0 Å². The quantitative estimate of drug-likeness (QED) is 0.771. The SMILES string of the molecule is CCOC(=O)C(Cc1ccc(O)cc1)NC(C)c1ccccc1. The number of benzene rings is 2. The summed E-state index contributed by atoms with van der Waals surface area (Å²) in [6.07, 6.45) is 0.510. The molecule has 2 aromatic rings. The Bertz CT molecular complexity index is 610. The Morgan fingerprint density at radius 1 is 1.13 bits per heavy atom. The molecule has 23 heavy (non-hydrogen) atoms. The molecular formula is C19H23NO3. The minimum absolute atomic E-state index is 0.0303. The van der Waals surface area contributed by atoms with E-state index in [1.165, 1.54) is 0 Å². The fourth-order valence-corrected chi connectivity index (χ4v) is 2.46. The lowest BCUT2D eigenvalue weighted by atomic mass is 10.0. The molecule has 2 rings (SSSR count). The Morgan fingerprint density at radius 2 is 1.78 bits per heavy atom. The highest BCUT2D eigenvalue weighted by molar-refractivity contribution is 5.76. The van der Waals surface area contributed by atoms with Gasteiger partial charge in [0.1, 0.15) is 11.8 Å². The molecule has 0 radical (unpaired) electrons. The van der Waals surface area contributed by atoms with Crippen molar-refractivity contribution in [2.75, 3.05) is 6.61 Å². The first-order valence-electron chi connectivity index (χ1n) is 7.85. The van der Waals surface area contributed by atoms with Gasteiger partial charge in [-0.25, -0.2) is 0 Å². The number of carbonyl (C=O) groups excluding carboxylic acids is 1. The standard InChI is InChI=1S/C19H23NO3/c1-3-23-19(22)18(13-15-9-11-17(21)12-10-15)20-14(2)16-7-5-4-6-8-16/h4-12,14,18,20-21H,3,13H2,1-2H3. The van der Waals surface area contributed by atoms with Crippen LogP contribution >= 0.6 is 0 Å². The van der Waals surface area contributed by atoms with Crippen LogP contribution in [0.25, 0.3) is 0 Å². The summed E-state index contributed by atoms with van der Waals surface area (Å²) in [6, 6.07) is 16.5. The molecule has 122 valence electrons. The molecule has 2 unspecified atom stereocenters. The zero-order valence-electron chi connectivity index (χ0n) is 13.5. The lowest BCUT2D eigenvalue weighted by molar-refractivity contribution is -0.145. The van der Waals surface area contributed by atoms with Crippen molar-refractivity contribution in [1.82, 2.24) is 5.32 Å². The van der Waals surface area contributed by atoms with Crippen LogP contribution in [0.1, 0.15) is 31.0 Å². The molecule has 0 saturated carbocycles. The van der Waals surface area contributed by atoms with Gasteiger partial charge >= 0.3 is 5.97 Å². The van der Waals surface area contributed by atoms with Gasteiger partial charge in [-0.1, -0.05) is 42.5 Å². The minimum atomic E-state index is -0.435. The van der Waals surface area contributed by atoms with Crippen LogP contribution in [-0.4, -0.2) is 23.7 Å². The van der Waals surface area contributed by atoms with Crippen LogP contribution < -0.4 is 5.32 Å². The summed E-state index contributed by atoms with van der Waals surface area (Å²) < 4.78 is 5.19. The van der Waals surface area contributed by atoms with E-state index in [0.717, 1.165) is 11.1 Å². The Labute approximate surface area is 137 Å². The highest BCUT2D eigenvalue weighted by Gasteiger charge is 2.22. The third-order valence-electron chi connectivity index (χ3n) is 3.70. The molecule has 4 nitrogen and oxygen atoms in total. The second-order valence-corrected chi connectivity index (χ2v) is 5.47.